The molecule has 1 unspecified atom stereocenters. The van der Waals surface area contributed by atoms with Crippen molar-refractivity contribution in [2.75, 3.05) is 11.9 Å². The maximum absolute atomic E-state index is 12.0. The molecule has 0 radical (unpaired) electrons. The number of anilines is 1. The largest absolute Gasteiger partial charge is 0.339 e. The molecule has 1 aromatic heterocycles. The van der Waals surface area contributed by atoms with Gasteiger partial charge in [0.25, 0.3) is 0 Å². The van der Waals surface area contributed by atoms with E-state index in [1.165, 1.54) is 0 Å². The number of aromatic nitrogens is 2. The Labute approximate surface area is 119 Å². The lowest BCUT2D eigenvalue weighted by atomic mass is 10.1. The zero-order valence-electron chi connectivity index (χ0n) is 10.8. The number of rotatable bonds is 3. The Morgan fingerprint density at radius 3 is 2.63 bits per heavy atom. The molecular weight excluding hydrogens is 312 g/mol. The third kappa shape index (κ3) is 3.28. The minimum absolute atomic E-state index is 0.0203. The first kappa shape index (κ1) is 13.9. The molecule has 2 amide bonds. The Kier molecular flexibility index (Phi) is 4.14. The molecule has 1 aliphatic heterocycles. The fourth-order valence-electron chi connectivity index (χ4n) is 2.00. The molecule has 2 heterocycles. The van der Waals surface area contributed by atoms with Crippen LogP contribution in [-0.4, -0.2) is 39.3 Å². The fraction of sp³-hybridized carbons (Fsp3) is 0.500. The van der Waals surface area contributed by atoms with Crippen molar-refractivity contribution in [3.63, 3.8) is 0 Å². The molecule has 0 aliphatic carbocycles. The molecule has 0 spiro atoms. The number of halogens is 1. The van der Waals surface area contributed by atoms with E-state index in [2.05, 4.69) is 31.2 Å². The van der Waals surface area contributed by atoms with E-state index in [4.69, 9.17) is 0 Å². The van der Waals surface area contributed by atoms with Gasteiger partial charge in [-0.3, -0.25) is 14.9 Å². The summed E-state index contributed by atoms with van der Waals surface area (Å²) in [7, 11) is 0. The van der Waals surface area contributed by atoms with Crippen molar-refractivity contribution in [1.82, 2.24) is 14.9 Å². The number of nitrogens with zero attached hydrogens (tertiary/aromatic N) is 3. The van der Waals surface area contributed by atoms with E-state index in [9.17, 15) is 9.59 Å². The Hall–Kier alpha value is -1.50. The minimum atomic E-state index is -0.331. The number of hydrogen-bond acceptors (Lipinski definition) is 4. The van der Waals surface area contributed by atoms with Gasteiger partial charge in [-0.2, -0.15) is 0 Å². The summed E-state index contributed by atoms with van der Waals surface area (Å²) >= 11 is 3.22. The molecule has 102 valence electrons. The number of carbonyl (C=O) groups is 2. The summed E-state index contributed by atoms with van der Waals surface area (Å²) in [4.78, 5) is 33.4. The van der Waals surface area contributed by atoms with Gasteiger partial charge in [0.2, 0.25) is 17.8 Å². The second-order valence-electron chi connectivity index (χ2n) is 4.76. The molecule has 0 saturated carbocycles. The van der Waals surface area contributed by atoms with Crippen molar-refractivity contribution in [3.05, 3.63) is 16.9 Å². The highest BCUT2D eigenvalue weighted by Gasteiger charge is 2.35. The van der Waals surface area contributed by atoms with E-state index < -0.39 is 0 Å². The zero-order valence-corrected chi connectivity index (χ0v) is 12.3. The average molecular weight is 327 g/mol. The lowest BCUT2D eigenvalue weighted by Crippen LogP contribution is -2.33. The molecule has 0 aromatic carbocycles. The second kappa shape index (κ2) is 5.64. The van der Waals surface area contributed by atoms with Crippen molar-refractivity contribution >= 4 is 33.7 Å². The number of likely N-dealkylation sites (tertiary alicyclic amines) is 1. The summed E-state index contributed by atoms with van der Waals surface area (Å²) in [5.41, 5.74) is 0. The predicted octanol–water partition coefficient (Wildman–Crippen LogP) is 1.43. The summed E-state index contributed by atoms with van der Waals surface area (Å²) in [6, 6.07) is 0.120. The third-order valence-corrected chi connectivity index (χ3v) is 3.42. The van der Waals surface area contributed by atoms with E-state index in [0.29, 0.717) is 6.54 Å². The molecule has 7 heteroatoms. The van der Waals surface area contributed by atoms with Crippen LogP contribution in [0.3, 0.4) is 0 Å². The maximum Gasteiger partial charge on any atom is 0.232 e. The molecule has 2 rings (SSSR count). The second-order valence-corrected chi connectivity index (χ2v) is 5.67. The first-order chi connectivity index (χ1) is 8.97. The SMILES string of the molecule is CC(C)N1CC(C(=O)Nc2ncc(Br)cn2)CC1=O. The molecule has 1 fully saturated rings. The van der Waals surface area contributed by atoms with Crippen LogP contribution in [0.5, 0.6) is 0 Å². The average Bonchev–Trinajstić information content (AvgIpc) is 2.74. The summed E-state index contributed by atoms with van der Waals surface area (Å²) in [6.07, 6.45) is 3.37. The van der Waals surface area contributed by atoms with Gasteiger partial charge < -0.3 is 4.90 Å². The van der Waals surface area contributed by atoms with E-state index in [1.54, 1.807) is 17.3 Å². The maximum atomic E-state index is 12.0. The van der Waals surface area contributed by atoms with E-state index in [0.717, 1.165) is 4.47 Å². The number of amides is 2. The number of hydrogen-bond donors (Lipinski definition) is 1. The Morgan fingerprint density at radius 2 is 2.11 bits per heavy atom. The van der Waals surface area contributed by atoms with Gasteiger partial charge in [-0.05, 0) is 29.8 Å². The zero-order chi connectivity index (χ0) is 14.0. The monoisotopic (exact) mass is 326 g/mol. The lowest BCUT2D eigenvalue weighted by molar-refractivity contribution is -0.129. The van der Waals surface area contributed by atoms with Crippen LogP contribution in [0.2, 0.25) is 0 Å². The van der Waals surface area contributed by atoms with Gasteiger partial charge in [-0.15, -0.1) is 0 Å². The smallest absolute Gasteiger partial charge is 0.232 e. The quantitative estimate of drug-likeness (QED) is 0.911. The summed E-state index contributed by atoms with van der Waals surface area (Å²) in [5, 5.41) is 2.63. The van der Waals surface area contributed by atoms with Gasteiger partial charge in [-0.1, -0.05) is 0 Å². The predicted molar refractivity (Wildman–Crippen MR) is 73.3 cm³/mol. The van der Waals surface area contributed by atoms with Crippen molar-refractivity contribution in [2.45, 2.75) is 26.3 Å². The first-order valence-corrected chi connectivity index (χ1v) is 6.84. The highest BCUT2D eigenvalue weighted by Crippen LogP contribution is 2.21. The molecule has 0 bridgehead atoms. The normalized spacial score (nSPS) is 19.1. The van der Waals surface area contributed by atoms with Gasteiger partial charge >= 0.3 is 0 Å². The molecule has 1 aromatic rings. The van der Waals surface area contributed by atoms with Crippen molar-refractivity contribution in [2.24, 2.45) is 5.92 Å². The van der Waals surface area contributed by atoms with Crippen molar-refractivity contribution in [3.8, 4) is 0 Å². The molecule has 1 atom stereocenters. The molecule has 1 aliphatic rings. The topological polar surface area (TPSA) is 75.2 Å². The van der Waals surface area contributed by atoms with Crippen LogP contribution in [0.1, 0.15) is 20.3 Å². The van der Waals surface area contributed by atoms with Crippen LogP contribution < -0.4 is 5.32 Å². The fourth-order valence-corrected chi connectivity index (χ4v) is 2.20. The highest BCUT2D eigenvalue weighted by molar-refractivity contribution is 9.10. The van der Waals surface area contributed by atoms with Crippen molar-refractivity contribution in [1.29, 1.82) is 0 Å². The Bertz CT molecular complexity index is 489. The van der Waals surface area contributed by atoms with Gasteiger partial charge in [0, 0.05) is 31.4 Å². The molecule has 6 nitrogen and oxygen atoms in total. The van der Waals surface area contributed by atoms with Crippen LogP contribution in [0.25, 0.3) is 0 Å². The van der Waals surface area contributed by atoms with Crippen LogP contribution in [0.15, 0.2) is 16.9 Å². The third-order valence-electron chi connectivity index (χ3n) is 3.01. The molecular formula is C12H15BrN4O2. The number of nitrogens with one attached hydrogen (secondary N) is 1. The summed E-state index contributed by atoms with van der Waals surface area (Å²) in [6.45, 7) is 4.34. The standard InChI is InChI=1S/C12H15BrN4O2/c1-7(2)17-6-8(3-10(17)18)11(19)16-12-14-4-9(13)5-15-12/h4-5,7-8H,3,6H2,1-2H3,(H,14,15,16,19). The van der Waals surface area contributed by atoms with Gasteiger partial charge in [0.05, 0.1) is 10.4 Å². The van der Waals surface area contributed by atoms with E-state index in [-0.39, 0.29) is 36.1 Å². The van der Waals surface area contributed by atoms with Crippen LogP contribution in [0, 0.1) is 5.92 Å². The van der Waals surface area contributed by atoms with Crippen molar-refractivity contribution < 1.29 is 9.59 Å². The van der Waals surface area contributed by atoms with E-state index >= 15 is 0 Å². The Balaban J connectivity index is 1.98. The molecule has 1 saturated heterocycles. The minimum Gasteiger partial charge on any atom is -0.339 e. The van der Waals surface area contributed by atoms with Gasteiger partial charge in [-0.25, -0.2) is 9.97 Å². The van der Waals surface area contributed by atoms with Crippen LogP contribution in [0.4, 0.5) is 5.95 Å². The first-order valence-electron chi connectivity index (χ1n) is 6.05. The van der Waals surface area contributed by atoms with Gasteiger partial charge in [0.15, 0.2) is 0 Å². The summed E-state index contributed by atoms with van der Waals surface area (Å²) < 4.78 is 0.743. The lowest BCUT2D eigenvalue weighted by Gasteiger charge is -2.20. The number of carbonyl (C=O) groups excluding carboxylic acids is 2. The van der Waals surface area contributed by atoms with Gasteiger partial charge in [0.1, 0.15) is 0 Å². The van der Waals surface area contributed by atoms with Crippen LogP contribution in [-0.2, 0) is 9.59 Å². The van der Waals surface area contributed by atoms with E-state index in [1.807, 2.05) is 13.8 Å². The molecule has 19 heavy (non-hydrogen) atoms. The van der Waals surface area contributed by atoms with Crippen LogP contribution >= 0.6 is 15.9 Å². The Morgan fingerprint density at radius 1 is 1.47 bits per heavy atom. The summed E-state index contributed by atoms with van der Waals surface area (Å²) in [5.74, 6) is -0.267. The molecule has 1 N–H and O–H groups in total. The highest BCUT2D eigenvalue weighted by atomic mass is 79.9.